The van der Waals surface area contributed by atoms with Gasteiger partial charge in [0, 0.05) is 11.6 Å². The van der Waals surface area contributed by atoms with Crippen molar-refractivity contribution >= 4 is 34.7 Å². The largest absolute Gasteiger partial charge is 0.505 e. The number of primary amides is 1. The minimum absolute atomic E-state index is 0.0302. The molecule has 33 heavy (non-hydrogen) atoms. The SMILES string of the molecule is CC(=N)/C(=N/Nc1cccc(-c2cccc(C(=O)O)c2)c1O)C(=O)[NH2+]c1ccc(C)c(C)c1. The van der Waals surface area contributed by atoms with Gasteiger partial charge in [0.15, 0.2) is 0 Å². The second-order valence-corrected chi connectivity index (χ2v) is 7.64. The second-order valence-electron chi connectivity index (χ2n) is 7.64. The number of aryl methyl sites for hydroxylation is 2. The Bertz CT molecular complexity index is 1280. The lowest BCUT2D eigenvalue weighted by Crippen LogP contribution is -2.84. The number of carboxylic acids is 1. The first-order valence-corrected chi connectivity index (χ1v) is 10.2. The molecule has 0 aromatic heterocycles. The first-order chi connectivity index (χ1) is 15.7. The van der Waals surface area contributed by atoms with Crippen LogP contribution in [-0.4, -0.2) is 33.5 Å². The molecule has 3 rings (SSSR count). The third kappa shape index (κ3) is 5.50. The molecule has 8 nitrogen and oxygen atoms in total. The molecule has 0 radical (unpaired) electrons. The molecule has 168 valence electrons. The molecule has 6 N–H and O–H groups in total. The topological polar surface area (TPSA) is 139 Å². The molecule has 0 aliphatic heterocycles. The van der Waals surface area contributed by atoms with Crippen molar-refractivity contribution in [2.75, 3.05) is 5.43 Å². The van der Waals surface area contributed by atoms with Gasteiger partial charge in [0.2, 0.25) is 5.71 Å². The number of nitrogens with zero attached hydrogens (tertiary/aromatic N) is 1. The number of nitrogens with one attached hydrogen (secondary N) is 2. The number of amides is 1. The predicted molar refractivity (Wildman–Crippen MR) is 127 cm³/mol. The van der Waals surface area contributed by atoms with Crippen LogP contribution in [0.5, 0.6) is 5.75 Å². The number of phenolic OH excluding ortho intramolecular Hbond substituents is 1. The molecule has 0 spiro atoms. The van der Waals surface area contributed by atoms with E-state index in [-0.39, 0.29) is 28.4 Å². The van der Waals surface area contributed by atoms with E-state index in [2.05, 4.69) is 10.5 Å². The van der Waals surface area contributed by atoms with Crippen molar-refractivity contribution in [1.29, 1.82) is 5.41 Å². The van der Waals surface area contributed by atoms with Crippen LogP contribution in [0.2, 0.25) is 0 Å². The van der Waals surface area contributed by atoms with E-state index in [0.717, 1.165) is 11.1 Å². The molecule has 0 fully saturated rings. The van der Waals surface area contributed by atoms with E-state index >= 15 is 0 Å². The van der Waals surface area contributed by atoms with Gasteiger partial charge in [-0.2, -0.15) is 5.10 Å². The number of anilines is 1. The smallest absolute Gasteiger partial charge is 0.369 e. The number of rotatable bonds is 7. The van der Waals surface area contributed by atoms with Crippen LogP contribution in [0.1, 0.15) is 28.4 Å². The van der Waals surface area contributed by atoms with Crippen LogP contribution >= 0.6 is 0 Å². The lowest BCUT2D eigenvalue weighted by atomic mass is 10.0. The number of hydrogen-bond donors (Lipinski definition) is 5. The Kier molecular flexibility index (Phi) is 7.00. The number of phenols is 1. The number of hydrazone groups is 1. The fourth-order valence-corrected chi connectivity index (χ4v) is 3.20. The monoisotopic (exact) mass is 445 g/mol. The van der Waals surface area contributed by atoms with Crippen molar-refractivity contribution < 1.29 is 25.1 Å². The van der Waals surface area contributed by atoms with E-state index in [4.69, 9.17) is 5.41 Å². The van der Waals surface area contributed by atoms with Crippen LogP contribution in [0.25, 0.3) is 11.1 Å². The van der Waals surface area contributed by atoms with Crippen molar-refractivity contribution in [2.24, 2.45) is 5.10 Å². The summed E-state index contributed by atoms with van der Waals surface area (Å²) in [7, 11) is 0. The van der Waals surface area contributed by atoms with Gasteiger partial charge in [-0.15, -0.1) is 0 Å². The van der Waals surface area contributed by atoms with Gasteiger partial charge in [-0.1, -0.05) is 30.3 Å². The summed E-state index contributed by atoms with van der Waals surface area (Å²) < 4.78 is 0. The van der Waals surface area contributed by atoms with Gasteiger partial charge in [0.25, 0.3) is 0 Å². The molecule has 3 aromatic carbocycles. The molecule has 3 aromatic rings. The summed E-state index contributed by atoms with van der Waals surface area (Å²) in [6, 6.07) is 16.7. The molecule has 0 aliphatic carbocycles. The summed E-state index contributed by atoms with van der Waals surface area (Å²) in [5, 5.41) is 33.4. The van der Waals surface area contributed by atoms with Crippen LogP contribution in [0.4, 0.5) is 11.4 Å². The van der Waals surface area contributed by atoms with E-state index in [9.17, 15) is 19.8 Å². The maximum Gasteiger partial charge on any atom is 0.369 e. The van der Waals surface area contributed by atoms with Gasteiger partial charge < -0.3 is 15.6 Å². The van der Waals surface area contributed by atoms with Crippen LogP contribution in [0.15, 0.2) is 65.8 Å². The summed E-state index contributed by atoms with van der Waals surface area (Å²) >= 11 is 0. The van der Waals surface area contributed by atoms with Crippen molar-refractivity contribution in [3.05, 3.63) is 77.4 Å². The number of carbonyl (C=O) groups excluding carboxylic acids is 1. The number of aromatic carboxylic acids is 1. The lowest BCUT2D eigenvalue weighted by molar-refractivity contribution is -0.475. The van der Waals surface area contributed by atoms with Crippen molar-refractivity contribution in [3.8, 4) is 16.9 Å². The third-order valence-electron chi connectivity index (χ3n) is 5.16. The van der Waals surface area contributed by atoms with Crippen molar-refractivity contribution in [1.82, 2.24) is 0 Å². The number of carboxylic acid groups (broad SMARTS) is 1. The van der Waals surface area contributed by atoms with Crippen LogP contribution in [0, 0.1) is 19.3 Å². The Morgan fingerprint density at radius 2 is 1.73 bits per heavy atom. The normalized spacial score (nSPS) is 11.2. The van der Waals surface area contributed by atoms with Gasteiger partial charge in [0.1, 0.15) is 11.4 Å². The van der Waals surface area contributed by atoms with Gasteiger partial charge in [-0.25, -0.2) is 14.9 Å². The van der Waals surface area contributed by atoms with E-state index in [1.54, 1.807) is 30.3 Å². The average Bonchev–Trinajstić information content (AvgIpc) is 2.77. The number of hydrogen-bond acceptors (Lipinski definition) is 6. The first-order valence-electron chi connectivity index (χ1n) is 10.2. The number of nitrogens with two attached hydrogens (primary N) is 1. The number of para-hydroxylation sites is 1. The zero-order chi connectivity index (χ0) is 24.1. The summed E-state index contributed by atoms with van der Waals surface area (Å²) in [5.41, 5.74) is 6.65. The molecule has 0 unspecified atom stereocenters. The maximum absolute atomic E-state index is 12.8. The lowest BCUT2D eigenvalue weighted by Gasteiger charge is -2.11. The maximum atomic E-state index is 12.8. The minimum atomic E-state index is -1.07. The van der Waals surface area contributed by atoms with Crippen LogP contribution in [0.3, 0.4) is 0 Å². The summed E-state index contributed by atoms with van der Waals surface area (Å²) in [6.45, 7) is 5.40. The minimum Gasteiger partial charge on any atom is -0.505 e. The van der Waals surface area contributed by atoms with Crippen LogP contribution in [-0.2, 0) is 4.79 Å². The zero-order valence-corrected chi connectivity index (χ0v) is 18.5. The molecule has 1 amide bonds. The number of carbonyl (C=O) groups is 2. The standard InChI is InChI=1S/C25H24N4O4/c1-14-10-11-19(12-15(14)2)27-24(31)22(16(3)26)29-28-21-9-5-8-20(23(21)30)17-6-4-7-18(13-17)25(32)33/h4-13,26,28,30H,1-3H3,(H,27,31)(H,32,33)/p+1/b26-16?,29-22-. The molecule has 0 heterocycles. The predicted octanol–water partition coefficient (Wildman–Crippen LogP) is 3.60. The van der Waals surface area contributed by atoms with Crippen molar-refractivity contribution in [3.63, 3.8) is 0 Å². The molecule has 0 atom stereocenters. The fourth-order valence-electron chi connectivity index (χ4n) is 3.20. The van der Waals surface area contributed by atoms with Gasteiger partial charge in [0.05, 0.1) is 17.0 Å². The quantitative estimate of drug-likeness (QED) is 0.164. The highest BCUT2D eigenvalue weighted by Crippen LogP contribution is 2.35. The first kappa shape index (κ1) is 23.4. The molecule has 0 saturated carbocycles. The highest BCUT2D eigenvalue weighted by Gasteiger charge is 2.20. The molecule has 0 saturated heterocycles. The van der Waals surface area contributed by atoms with Gasteiger partial charge >= 0.3 is 11.9 Å². The highest BCUT2D eigenvalue weighted by molar-refractivity contribution is 6.64. The Morgan fingerprint density at radius 3 is 2.39 bits per heavy atom. The summed E-state index contributed by atoms with van der Waals surface area (Å²) in [6.07, 6.45) is 0. The number of aromatic hydroxyl groups is 1. The second kappa shape index (κ2) is 9.88. The Morgan fingerprint density at radius 1 is 1.00 bits per heavy atom. The van der Waals surface area contributed by atoms with Gasteiger partial charge in [-0.3, -0.25) is 5.43 Å². The van der Waals surface area contributed by atoms with Gasteiger partial charge in [-0.05, 0) is 61.7 Å². The van der Waals surface area contributed by atoms with E-state index in [1.165, 1.54) is 24.4 Å². The molecule has 0 bridgehead atoms. The summed E-state index contributed by atoms with van der Waals surface area (Å²) in [5.74, 6) is -1.67. The third-order valence-corrected chi connectivity index (χ3v) is 5.16. The Hall–Kier alpha value is -4.30. The Balaban J connectivity index is 1.87. The van der Waals surface area contributed by atoms with E-state index < -0.39 is 11.9 Å². The Labute approximate surface area is 191 Å². The zero-order valence-electron chi connectivity index (χ0n) is 18.5. The average molecular weight is 445 g/mol. The molecule has 0 aliphatic rings. The number of quaternary nitrogens is 1. The highest BCUT2D eigenvalue weighted by atomic mass is 16.4. The molecular weight excluding hydrogens is 420 g/mol. The van der Waals surface area contributed by atoms with Crippen LogP contribution < -0.4 is 10.7 Å². The molecule has 8 heteroatoms. The fraction of sp³-hybridized carbons (Fsp3) is 0.120. The molecular formula is C25H25N4O4+. The van der Waals surface area contributed by atoms with E-state index in [0.29, 0.717) is 16.8 Å². The van der Waals surface area contributed by atoms with Crippen molar-refractivity contribution in [2.45, 2.75) is 20.8 Å². The van der Waals surface area contributed by atoms with E-state index in [1.807, 2.05) is 32.0 Å². The number of benzene rings is 3. The summed E-state index contributed by atoms with van der Waals surface area (Å²) in [4.78, 5) is 24.0.